The van der Waals surface area contributed by atoms with Crippen molar-refractivity contribution in [3.05, 3.63) is 124 Å². The molecule has 5 aromatic rings. The van der Waals surface area contributed by atoms with Gasteiger partial charge in [-0.05, 0) is 30.8 Å². The standard InChI is InChI=1S/C39H46O2S5Si2/c1-38(2,3)47(31-19-11-7-12-20-31,32-21-13-8-14-22-32)40-27-29-43-35-36(46-37(42)45-35)44-30-28-41-48(39(4,5)6,33-23-15-9-16-24-33)34-25-17-10-18-26-34/h7-26H,27-30H2,1-6H3. The van der Waals surface area contributed by atoms with E-state index < -0.39 is 16.6 Å². The van der Waals surface area contributed by atoms with E-state index in [1.807, 2.05) is 23.5 Å². The maximum Gasteiger partial charge on any atom is 0.261 e. The highest BCUT2D eigenvalue weighted by molar-refractivity contribution is 8.05. The van der Waals surface area contributed by atoms with E-state index in [4.69, 9.17) is 21.1 Å². The molecule has 0 aliphatic heterocycles. The first-order chi connectivity index (χ1) is 23.0. The molecule has 5 rings (SSSR count). The summed E-state index contributed by atoms with van der Waals surface area (Å²) in [5, 5.41) is 5.19. The van der Waals surface area contributed by atoms with E-state index in [2.05, 4.69) is 163 Å². The molecule has 0 aliphatic carbocycles. The Balaban J connectivity index is 1.28. The van der Waals surface area contributed by atoms with Gasteiger partial charge in [0.25, 0.3) is 16.6 Å². The van der Waals surface area contributed by atoms with Gasteiger partial charge in [0.05, 0.1) is 8.42 Å². The molecule has 0 spiro atoms. The topological polar surface area (TPSA) is 18.5 Å². The molecule has 0 saturated heterocycles. The summed E-state index contributed by atoms with van der Waals surface area (Å²) in [7, 11) is -5.11. The van der Waals surface area contributed by atoms with Crippen molar-refractivity contribution in [1.82, 2.24) is 0 Å². The van der Waals surface area contributed by atoms with E-state index in [1.54, 1.807) is 22.7 Å². The van der Waals surface area contributed by atoms with Crippen molar-refractivity contribution < 1.29 is 8.85 Å². The minimum atomic E-state index is -2.56. The predicted molar refractivity (Wildman–Crippen MR) is 222 cm³/mol. The maximum absolute atomic E-state index is 7.16. The second kappa shape index (κ2) is 16.5. The lowest BCUT2D eigenvalue weighted by molar-refractivity contribution is 0.321. The molecule has 9 heteroatoms. The van der Waals surface area contributed by atoms with Gasteiger partial charge >= 0.3 is 0 Å². The summed E-state index contributed by atoms with van der Waals surface area (Å²) in [5.41, 5.74) is 0. The van der Waals surface area contributed by atoms with Crippen molar-refractivity contribution in [2.75, 3.05) is 24.7 Å². The molecule has 0 aliphatic rings. The molecule has 48 heavy (non-hydrogen) atoms. The number of thioether (sulfide) groups is 2. The smallest absolute Gasteiger partial charge is 0.261 e. The molecular formula is C39H46O2S5Si2. The fourth-order valence-corrected chi connectivity index (χ4v) is 21.9. The summed E-state index contributed by atoms with van der Waals surface area (Å²) >= 11 is 12.9. The van der Waals surface area contributed by atoms with Crippen LogP contribution in [0.2, 0.25) is 10.1 Å². The Morgan fingerprint density at radius 2 is 0.771 bits per heavy atom. The summed E-state index contributed by atoms with van der Waals surface area (Å²) in [6.07, 6.45) is 0. The number of hydrogen-bond acceptors (Lipinski definition) is 7. The first-order valence-electron chi connectivity index (χ1n) is 16.4. The van der Waals surface area contributed by atoms with Crippen LogP contribution in [0.3, 0.4) is 0 Å². The Hall–Kier alpha value is -1.80. The van der Waals surface area contributed by atoms with Gasteiger partial charge in [-0.1, -0.05) is 175 Å². The van der Waals surface area contributed by atoms with Crippen molar-refractivity contribution in [3.63, 3.8) is 0 Å². The summed E-state index contributed by atoms with van der Waals surface area (Å²) in [4.78, 5) is 0. The molecule has 0 saturated carbocycles. The Morgan fingerprint density at radius 1 is 0.500 bits per heavy atom. The van der Waals surface area contributed by atoms with Crippen LogP contribution in [-0.4, -0.2) is 41.4 Å². The van der Waals surface area contributed by atoms with Gasteiger partial charge in [0, 0.05) is 24.7 Å². The molecule has 0 unspecified atom stereocenters. The van der Waals surface area contributed by atoms with Crippen LogP contribution in [0.4, 0.5) is 0 Å². The highest BCUT2D eigenvalue weighted by Crippen LogP contribution is 2.42. The van der Waals surface area contributed by atoms with Gasteiger partial charge in [-0.25, -0.2) is 0 Å². The SMILES string of the molecule is CC(C)(C)[Si](OCCSc1sc(=S)sc1SCCO[Si](c1ccccc1)(c1ccccc1)C(C)(C)C)(c1ccccc1)c1ccccc1. The number of benzene rings is 4. The molecule has 1 heterocycles. The third kappa shape index (κ3) is 8.22. The lowest BCUT2D eigenvalue weighted by Crippen LogP contribution is -2.66. The molecule has 2 nitrogen and oxygen atoms in total. The van der Waals surface area contributed by atoms with E-state index in [1.165, 1.54) is 29.2 Å². The highest BCUT2D eigenvalue weighted by Gasteiger charge is 2.51. The molecule has 0 bridgehead atoms. The quantitative estimate of drug-likeness (QED) is 0.0484. The molecule has 4 aromatic carbocycles. The first-order valence-corrected chi connectivity index (χ1v) is 24.2. The van der Waals surface area contributed by atoms with E-state index >= 15 is 0 Å². The van der Waals surface area contributed by atoms with Crippen molar-refractivity contribution in [2.45, 2.75) is 60.0 Å². The minimum Gasteiger partial charge on any atom is -0.407 e. The second-order valence-electron chi connectivity index (χ2n) is 13.7. The average Bonchev–Trinajstić information content (AvgIpc) is 3.44. The predicted octanol–water partition coefficient (Wildman–Crippen LogP) is 9.88. The molecule has 0 N–H and O–H groups in total. The fraction of sp³-hybridized carbons (Fsp3) is 0.308. The monoisotopic (exact) mass is 762 g/mol. The molecular weight excluding hydrogens is 717 g/mol. The molecule has 0 radical (unpaired) electrons. The van der Waals surface area contributed by atoms with Gasteiger partial charge in [-0.3, -0.25) is 0 Å². The average molecular weight is 763 g/mol. The number of hydrogen-bond donors (Lipinski definition) is 0. The summed E-state index contributed by atoms with van der Waals surface area (Å²) in [5.74, 6) is 1.75. The molecule has 0 fully saturated rings. The fourth-order valence-electron chi connectivity index (χ4n) is 6.61. The summed E-state index contributed by atoms with van der Waals surface area (Å²) in [6, 6.07) is 43.5. The van der Waals surface area contributed by atoms with Crippen LogP contribution in [0, 0.1) is 3.14 Å². The van der Waals surface area contributed by atoms with E-state index in [9.17, 15) is 0 Å². The van der Waals surface area contributed by atoms with E-state index in [-0.39, 0.29) is 10.1 Å². The van der Waals surface area contributed by atoms with E-state index in [0.717, 1.165) is 14.6 Å². The van der Waals surface area contributed by atoms with Crippen LogP contribution in [0.1, 0.15) is 41.5 Å². The van der Waals surface area contributed by atoms with Crippen molar-refractivity contribution >= 4 is 95.8 Å². The third-order valence-corrected chi connectivity index (χ3v) is 24.2. The van der Waals surface area contributed by atoms with Crippen LogP contribution < -0.4 is 20.7 Å². The lowest BCUT2D eigenvalue weighted by Gasteiger charge is -2.43. The second-order valence-corrected chi connectivity index (χ2v) is 28.3. The van der Waals surface area contributed by atoms with Gasteiger partial charge in [0.2, 0.25) is 0 Å². The van der Waals surface area contributed by atoms with E-state index in [0.29, 0.717) is 13.2 Å². The van der Waals surface area contributed by atoms with Gasteiger partial charge in [-0.15, -0.1) is 46.2 Å². The van der Waals surface area contributed by atoms with Gasteiger partial charge in [0.1, 0.15) is 3.14 Å². The highest BCUT2D eigenvalue weighted by atomic mass is 32.2. The Labute approximate surface area is 311 Å². The molecule has 0 amide bonds. The third-order valence-electron chi connectivity index (χ3n) is 8.62. The van der Waals surface area contributed by atoms with Gasteiger partial charge in [0.15, 0.2) is 0 Å². The van der Waals surface area contributed by atoms with Crippen molar-refractivity contribution in [2.24, 2.45) is 0 Å². The van der Waals surface area contributed by atoms with Crippen molar-refractivity contribution in [1.29, 1.82) is 0 Å². The maximum atomic E-state index is 7.16. The van der Waals surface area contributed by atoms with Crippen molar-refractivity contribution in [3.8, 4) is 0 Å². The molecule has 252 valence electrons. The molecule has 0 atom stereocenters. The first kappa shape index (κ1) is 37.5. The van der Waals surface area contributed by atoms with Crippen LogP contribution in [0.5, 0.6) is 0 Å². The minimum absolute atomic E-state index is 0.0364. The molecule has 1 aromatic heterocycles. The van der Waals surface area contributed by atoms with Crippen LogP contribution in [0.15, 0.2) is 130 Å². The lowest BCUT2D eigenvalue weighted by atomic mass is 10.2. The number of rotatable bonds is 14. The normalized spacial score (nSPS) is 12.7. The Morgan fingerprint density at radius 3 is 1.02 bits per heavy atom. The van der Waals surface area contributed by atoms with Crippen LogP contribution in [-0.2, 0) is 8.85 Å². The zero-order valence-electron chi connectivity index (χ0n) is 28.7. The summed E-state index contributed by atoms with van der Waals surface area (Å²) < 4.78 is 17.9. The zero-order valence-corrected chi connectivity index (χ0v) is 34.8. The van der Waals surface area contributed by atoms with Crippen LogP contribution >= 0.6 is 58.4 Å². The van der Waals surface area contributed by atoms with Gasteiger partial charge < -0.3 is 8.85 Å². The largest absolute Gasteiger partial charge is 0.407 e. The Kier molecular flexibility index (Phi) is 12.9. The Bertz CT molecular complexity index is 1560. The summed E-state index contributed by atoms with van der Waals surface area (Å²) in [6.45, 7) is 15.4. The zero-order chi connectivity index (χ0) is 34.3. The van der Waals surface area contributed by atoms with Gasteiger partial charge in [-0.2, -0.15) is 0 Å². The van der Waals surface area contributed by atoms with Crippen LogP contribution in [0.25, 0.3) is 0 Å².